The van der Waals surface area contributed by atoms with Gasteiger partial charge in [-0.3, -0.25) is 9.59 Å². The van der Waals surface area contributed by atoms with Crippen molar-refractivity contribution < 1.29 is 14.7 Å². The van der Waals surface area contributed by atoms with Crippen LogP contribution in [0.1, 0.15) is 12.0 Å². The first-order chi connectivity index (χ1) is 7.68. The first kappa shape index (κ1) is 10.4. The monoisotopic (exact) mass is 218 g/mol. The number of hydrazone groups is 1. The minimum Gasteiger partial charge on any atom is -0.481 e. The van der Waals surface area contributed by atoms with Crippen LogP contribution in [0.3, 0.4) is 0 Å². The van der Waals surface area contributed by atoms with Crippen molar-refractivity contribution in [3.8, 4) is 0 Å². The van der Waals surface area contributed by atoms with Crippen molar-refractivity contribution >= 4 is 17.6 Å². The zero-order valence-electron chi connectivity index (χ0n) is 8.38. The van der Waals surface area contributed by atoms with Crippen molar-refractivity contribution in [3.05, 3.63) is 35.9 Å². The second-order valence-electron chi connectivity index (χ2n) is 3.49. The van der Waals surface area contributed by atoms with Crippen molar-refractivity contribution in [1.29, 1.82) is 0 Å². The van der Waals surface area contributed by atoms with E-state index in [9.17, 15) is 9.59 Å². The molecule has 1 aromatic rings. The van der Waals surface area contributed by atoms with Gasteiger partial charge in [0.25, 0.3) is 0 Å². The number of nitrogens with zero attached hydrogens (tertiary/aromatic N) is 1. The number of hydrogen-bond donors (Lipinski definition) is 2. The van der Waals surface area contributed by atoms with Gasteiger partial charge in [-0.2, -0.15) is 5.10 Å². The molecule has 2 rings (SSSR count). The van der Waals surface area contributed by atoms with E-state index in [1.54, 1.807) is 24.3 Å². The zero-order valence-corrected chi connectivity index (χ0v) is 8.38. The van der Waals surface area contributed by atoms with Gasteiger partial charge in [-0.1, -0.05) is 30.3 Å². The van der Waals surface area contributed by atoms with Gasteiger partial charge in [-0.25, -0.2) is 5.43 Å². The molecule has 1 amide bonds. The fourth-order valence-electron chi connectivity index (χ4n) is 1.61. The van der Waals surface area contributed by atoms with Gasteiger partial charge in [0.05, 0.1) is 5.71 Å². The minimum atomic E-state index is -1.03. The first-order valence-electron chi connectivity index (χ1n) is 4.83. The lowest BCUT2D eigenvalue weighted by Gasteiger charge is -2.19. The van der Waals surface area contributed by atoms with Crippen LogP contribution in [0.4, 0.5) is 0 Å². The Morgan fingerprint density at radius 1 is 1.38 bits per heavy atom. The number of nitrogens with one attached hydrogen (secondary N) is 1. The van der Waals surface area contributed by atoms with Gasteiger partial charge >= 0.3 is 5.97 Å². The van der Waals surface area contributed by atoms with Crippen LogP contribution >= 0.6 is 0 Å². The molecular weight excluding hydrogens is 208 g/mol. The van der Waals surface area contributed by atoms with Crippen LogP contribution < -0.4 is 5.43 Å². The van der Waals surface area contributed by atoms with E-state index in [0.717, 1.165) is 5.56 Å². The number of carbonyl (C=O) groups excluding carboxylic acids is 1. The molecule has 0 spiro atoms. The van der Waals surface area contributed by atoms with E-state index in [-0.39, 0.29) is 12.3 Å². The number of rotatable bonds is 2. The van der Waals surface area contributed by atoms with E-state index in [1.807, 2.05) is 6.07 Å². The minimum absolute atomic E-state index is 0.0664. The molecule has 82 valence electrons. The molecule has 1 aliphatic rings. The summed E-state index contributed by atoms with van der Waals surface area (Å²) in [7, 11) is 0. The number of carboxylic acid groups (broad SMARTS) is 1. The third-order valence-corrected chi connectivity index (χ3v) is 2.39. The second kappa shape index (κ2) is 4.14. The molecule has 1 atom stereocenters. The molecule has 16 heavy (non-hydrogen) atoms. The number of carboxylic acids is 1. The third-order valence-electron chi connectivity index (χ3n) is 2.39. The summed E-state index contributed by atoms with van der Waals surface area (Å²) in [5, 5.41) is 12.8. The topological polar surface area (TPSA) is 78.8 Å². The maximum Gasteiger partial charge on any atom is 0.313 e. The zero-order chi connectivity index (χ0) is 11.5. The predicted molar refractivity (Wildman–Crippen MR) is 56.9 cm³/mol. The highest BCUT2D eigenvalue weighted by Crippen LogP contribution is 2.16. The largest absolute Gasteiger partial charge is 0.481 e. The molecule has 1 unspecified atom stereocenters. The van der Waals surface area contributed by atoms with Crippen LogP contribution in [0.15, 0.2) is 35.4 Å². The van der Waals surface area contributed by atoms with E-state index in [4.69, 9.17) is 5.11 Å². The van der Waals surface area contributed by atoms with Crippen LogP contribution in [-0.2, 0) is 9.59 Å². The van der Waals surface area contributed by atoms with Crippen LogP contribution in [-0.4, -0.2) is 22.7 Å². The Balaban J connectivity index is 2.38. The summed E-state index contributed by atoms with van der Waals surface area (Å²) in [6.45, 7) is 0. The molecule has 0 aliphatic carbocycles. The van der Waals surface area contributed by atoms with Crippen molar-refractivity contribution in [2.75, 3.05) is 0 Å². The van der Waals surface area contributed by atoms with Crippen LogP contribution in [0.2, 0.25) is 0 Å². The van der Waals surface area contributed by atoms with E-state index < -0.39 is 11.9 Å². The van der Waals surface area contributed by atoms with Crippen molar-refractivity contribution in [2.24, 2.45) is 11.0 Å². The Bertz CT molecular complexity index is 454. The summed E-state index contributed by atoms with van der Waals surface area (Å²) >= 11 is 0. The second-order valence-corrected chi connectivity index (χ2v) is 3.49. The molecule has 0 radical (unpaired) electrons. The quantitative estimate of drug-likeness (QED) is 0.763. The number of benzene rings is 1. The molecule has 5 nitrogen and oxygen atoms in total. The summed E-state index contributed by atoms with van der Waals surface area (Å²) in [4.78, 5) is 22.1. The summed E-state index contributed by atoms with van der Waals surface area (Å²) < 4.78 is 0. The molecule has 0 aromatic heterocycles. The predicted octanol–water partition coefficient (Wildman–Crippen LogP) is 0.611. The number of aliphatic carboxylic acids is 1. The van der Waals surface area contributed by atoms with Gasteiger partial charge < -0.3 is 5.11 Å². The van der Waals surface area contributed by atoms with Gasteiger partial charge in [-0.15, -0.1) is 0 Å². The molecule has 0 saturated heterocycles. The van der Waals surface area contributed by atoms with Gasteiger partial charge in [0.1, 0.15) is 5.92 Å². The average Bonchev–Trinajstić information content (AvgIpc) is 2.30. The number of carbonyl (C=O) groups is 2. The highest BCUT2D eigenvalue weighted by Gasteiger charge is 2.31. The van der Waals surface area contributed by atoms with Gasteiger partial charge in [0.15, 0.2) is 0 Å². The Hall–Kier alpha value is -2.17. The number of hydrogen-bond acceptors (Lipinski definition) is 3. The molecular formula is C11H10N2O3. The Labute approximate surface area is 91.8 Å². The molecule has 1 aromatic carbocycles. The first-order valence-corrected chi connectivity index (χ1v) is 4.83. The summed E-state index contributed by atoms with van der Waals surface area (Å²) in [6, 6.07) is 8.97. The van der Waals surface area contributed by atoms with Crippen molar-refractivity contribution in [3.63, 3.8) is 0 Å². The maximum atomic E-state index is 11.1. The lowest BCUT2D eigenvalue weighted by Crippen LogP contribution is -2.37. The SMILES string of the molecule is O=C1CC(C(=O)O)C(c2ccccc2)=NN1. The summed E-state index contributed by atoms with van der Waals surface area (Å²) in [6.07, 6.45) is -0.0664. The average molecular weight is 218 g/mol. The van der Waals surface area contributed by atoms with Crippen LogP contribution in [0.25, 0.3) is 0 Å². The lowest BCUT2D eigenvalue weighted by molar-refractivity contribution is -0.141. The molecule has 1 heterocycles. The van der Waals surface area contributed by atoms with Gasteiger partial charge in [-0.05, 0) is 5.56 Å². The molecule has 1 aliphatic heterocycles. The van der Waals surface area contributed by atoms with E-state index in [2.05, 4.69) is 10.5 Å². The van der Waals surface area contributed by atoms with Crippen LogP contribution in [0.5, 0.6) is 0 Å². The highest BCUT2D eigenvalue weighted by molar-refractivity contribution is 6.14. The Kier molecular flexibility index (Phi) is 2.68. The third kappa shape index (κ3) is 1.93. The molecule has 2 N–H and O–H groups in total. The molecule has 0 bridgehead atoms. The van der Waals surface area contributed by atoms with Gasteiger partial charge in [0.2, 0.25) is 5.91 Å². The van der Waals surface area contributed by atoms with Gasteiger partial charge in [0, 0.05) is 6.42 Å². The highest BCUT2D eigenvalue weighted by atomic mass is 16.4. The maximum absolute atomic E-state index is 11.1. The van der Waals surface area contributed by atoms with Crippen LogP contribution in [0, 0.1) is 5.92 Å². The number of amides is 1. The van der Waals surface area contributed by atoms with Crippen molar-refractivity contribution in [2.45, 2.75) is 6.42 Å². The van der Waals surface area contributed by atoms with E-state index >= 15 is 0 Å². The van der Waals surface area contributed by atoms with E-state index in [0.29, 0.717) is 5.71 Å². The Morgan fingerprint density at radius 3 is 2.69 bits per heavy atom. The molecule has 0 saturated carbocycles. The fraction of sp³-hybridized carbons (Fsp3) is 0.182. The Morgan fingerprint density at radius 2 is 2.06 bits per heavy atom. The fourth-order valence-corrected chi connectivity index (χ4v) is 1.61. The molecule has 0 fully saturated rings. The summed E-state index contributed by atoms with van der Waals surface area (Å²) in [5.74, 6) is -2.26. The normalized spacial score (nSPS) is 19.9. The summed E-state index contributed by atoms with van der Waals surface area (Å²) in [5.41, 5.74) is 3.41. The smallest absolute Gasteiger partial charge is 0.313 e. The lowest BCUT2D eigenvalue weighted by atomic mass is 9.92. The standard InChI is InChI=1S/C11H10N2O3/c14-9-6-8(11(15)16)10(13-12-9)7-4-2-1-3-5-7/h1-5,8H,6H2,(H,12,14)(H,15,16). The van der Waals surface area contributed by atoms with E-state index in [1.165, 1.54) is 0 Å². The van der Waals surface area contributed by atoms with Crippen molar-refractivity contribution in [1.82, 2.24) is 5.43 Å². The molecule has 5 heteroatoms.